The number of benzene rings is 1. The number of alkyl halides is 1. The first kappa shape index (κ1) is 13.4. The summed E-state index contributed by atoms with van der Waals surface area (Å²) >= 11 is 12.6. The molecule has 0 aliphatic rings. The second kappa shape index (κ2) is 5.73. The van der Waals surface area contributed by atoms with Crippen molar-refractivity contribution < 1.29 is 0 Å². The number of halogens is 2. The summed E-state index contributed by atoms with van der Waals surface area (Å²) in [6.07, 6.45) is 3.58. The summed E-state index contributed by atoms with van der Waals surface area (Å²) in [5, 5.41) is 0.634. The van der Waals surface area contributed by atoms with Gasteiger partial charge in [-0.05, 0) is 47.9 Å². The van der Waals surface area contributed by atoms with Crippen molar-refractivity contribution in [2.24, 2.45) is 0 Å². The molecule has 1 aromatic heterocycles. The van der Waals surface area contributed by atoms with Crippen LogP contribution >= 0.6 is 23.2 Å². The first-order valence-electron chi connectivity index (χ1n) is 5.89. The zero-order valence-corrected chi connectivity index (χ0v) is 11.9. The molecule has 2 rings (SSSR count). The van der Waals surface area contributed by atoms with Gasteiger partial charge in [0.25, 0.3) is 0 Å². The fraction of sp³-hybridized carbons (Fsp3) is 0.267. The summed E-state index contributed by atoms with van der Waals surface area (Å²) in [7, 11) is 0. The number of hydrogen-bond donors (Lipinski definition) is 0. The Labute approximate surface area is 118 Å². The lowest BCUT2D eigenvalue weighted by Gasteiger charge is -2.20. The van der Waals surface area contributed by atoms with E-state index in [0.717, 1.165) is 10.6 Å². The minimum atomic E-state index is -0.0916. The highest BCUT2D eigenvalue weighted by Gasteiger charge is 2.20. The van der Waals surface area contributed by atoms with Crippen LogP contribution in [-0.2, 0) is 0 Å². The van der Waals surface area contributed by atoms with Gasteiger partial charge in [0, 0.05) is 23.3 Å². The number of aromatic nitrogens is 1. The van der Waals surface area contributed by atoms with Gasteiger partial charge in [-0.2, -0.15) is 0 Å². The molecule has 0 aliphatic heterocycles. The SMILES string of the molecule is Cc1ccc(Cl)cc1C(Cl)C(C)c1ccncc1. The lowest BCUT2D eigenvalue weighted by molar-refractivity contribution is 0.727. The Balaban J connectivity index is 2.31. The lowest BCUT2D eigenvalue weighted by Crippen LogP contribution is -2.04. The number of aryl methyl sites for hydroxylation is 1. The minimum absolute atomic E-state index is 0.0916. The van der Waals surface area contributed by atoms with Crippen molar-refractivity contribution in [1.82, 2.24) is 4.98 Å². The summed E-state index contributed by atoms with van der Waals surface area (Å²) in [5.74, 6) is 0.215. The zero-order chi connectivity index (χ0) is 13.1. The monoisotopic (exact) mass is 279 g/mol. The van der Waals surface area contributed by atoms with Gasteiger partial charge in [-0.25, -0.2) is 0 Å². The van der Waals surface area contributed by atoms with Gasteiger partial charge >= 0.3 is 0 Å². The van der Waals surface area contributed by atoms with E-state index in [1.807, 2.05) is 30.3 Å². The first-order valence-corrected chi connectivity index (χ1v) is 6.71. The highest BCUT2D eigenvalue weighted by Crippen LogP contribution is 2.38. The predicted octanol–water partition coefficient (Wildman–Crippen LogP) is 5.13. The molecule has 1 aromatic carbocycles. The maximum atomic E-state index is 6.59. The van der Waals surface area contributed by atoms with E-state index in [-0.39, 0.29) is 11.3 Å². The van der Waals surface area contributed by atoms with E-state index in [0.29, 0.717) is 0 Å². The Hall–Kier alpha value is -1.05. The van der Waals surface area contributed by atoms with Gasteiger partial charge in [-0.3, -0.25) is 4.98 Å². The van der Waals surface area contributed by atoms with Gasteiger partial charge in [0.1, 0.15) is 0 Å². The van der Waals surface area contributed by atoms with E-state index in [4.69, 9.17) is 23.2 Å². The Morgan fingerprint density at radius 1 is 1.11 bits per heavy atom. The molecule has 3 heteroatoms. The van der Waals surface area contributed by atoms with Crippen LogP contribution in [0.3, 0.4) is 0 Å². The van der Waals surface area contributed by atoms with Crippen LogP contribution in [-0.4, -0.2) is 4.98 Å². The minimum Gasteiger partial charge on any atom is -0.265 e. The highest BCUT2D eigenvalue weighted by molar-refractivity contribution is 6.30. The second-order valence-corrected chi connectivity index (χ2v) is 5.38. The molecule has 0 saturated carbocycles. The van der Waals surface area contributed by atoms with Gasteiger partial charge in [-0.15, -0.1) is 11.6 Å². The molecule has 0 bridgehead atoms. The van der Waals surface area contributed by atoms with Crippen LogP contribution in [0.4, 0.5) is 0 Å². The van der Waals surface area contributed by atoms with E-state index >= 15 is 0 Å². The molecule has 0 N–H and O–H groups in total. The molecule has 0 aliphatic carbocycles. The molecule has 2 unspecified atom stereocenters. The summed E-state index contributed by atoms with van der Waals surface area (Å²) in [6.45, 7) is 4.17. The molecule has 1 heterocycles. The van der Waals surface area contributed by atoms with Crippen LogP contribution in [0.1, 0.15) is 34.9 Å². The summed E-state index contributed by atoms with van der Waals surface area (Å²) in [4.78, 5) is 4.03. The Morgan fingerprint density at radius 3 is 2.44 bits per heavy atom. The first-order chi connectivity index (χ1) is 8.59. The summed E-state index contributed by atoms with van der Waals surface area (Å²) in [5.41, 5.74) is 3.44. The van der Waals surface area contributed by atoms with E-state index in [1.54, 1.807) is 12.4 Å². The van der Waals surface area contributed by atoms with Crippen LogP contribution in [0.2, 0.25) is 5.02 Å². The van der Waals surface area contributed by atoms with Crippen LogP contribution in [0.25, 0.3) is 0 Å². The van der Waals surface area contributed by atoms with Crippen LogP contribution in [0.15, 0.2) is 42.7 Å². The molecule has 94 valence electrons. The maximum absolute atomic E-state index is 6.59. The molecule has 1 nitrogen and oxygen atoms in total. The maximum Gasteiger partial charge on any atom is 0.0654 e. The number of pyridine rings is 1. The molecular weight excluding hydrogens is 265 g/mol. The Bertz CT molecular complexity index is 525. The Morgan fingerprint density at radius 2 is 1.78 bits per heavy atom. The zero-order valence-electron chi connectivity index (χ0n) is 10.4. The third-order valence-electron chi connectivity index (χ3n) is 3.21. The quantitative estimate of drug-likeness (QED) is 0.710. The summed E-state index contributed by atoms with van der Waals surface area (Å²) in [6, 6.07) is 9.85. The third kappa shape index (κ3) is 2.85. The second-order valence-electron chi connectivity index (χ2n) is 4.47. The van der Waals surface area contributed by atoms with Crippen LogP contribution < -0.4 is 0 Å². The van der Waals surface area contributed by atoms with Crippen molar-refractivity contribution in [3.63, 3.8) is 0 Å². The molecule has 2 atom stereocenters. The fourth-order valence-electron chi connectivity index (χ4n) is 2.01. The average molecular weight is 280 g/mol. The van der Waals surface area contributed by atoms with Crippen molar-refractivity contribution in [1.29, 1.82) is 0 Å². The van der Waals surface area contributed by atoms with Crippen LogP contribution in [0, 0.1) is 6.92 Å². The number of nitrogens with zero attached hydrogens (tertiary/aromatic N) is 1. The predicted molar refractivity (Wildman–Crippen MR) is 77.4 cm³/mol. The molecular formula is C15H15Cl2N. The third-order valence-corrected chi connectivity index (χ3v) is 4.06. The van der Waals surface area contributed by atoms with Gasteiger partial charge in [0.2, 0.25) is 0 Å². The topological polar surface area (TPSA) is 12.9 Å². The van der Waals surface area contributed by atoms with Crippen molar-refractivity contribution in [2.45, 2.75) is 25.1 Å². The lowest BCUT2D eigenvalue weighted by atomic mass is 9.92. The van der Waals surface area contributed by atoms with Gasteiger partial charge < -0.3 is 0 Å². The molecule has 0 amide bonds. The van der Waals surface area contributed by atoms with Crippen molar-refractivity contribution in [3.8, 4) is 0 Å². The van der Waals surface area contributed by atoms with E-state index in [2.05, 4.69) is 18.8 Å². The molecule has 18 heavy (non-hydrogen) atoms. The van der Waals surface area contributed by atoms with Crippen molar-refractivity contribution in [3.05, 3.63) is 64.4 Å². The largest absolute Gasteiger partial charge is 0.265 e. The van der Waals surface area contributed by atoms with Crippen molar-refractivity contribution in [2.75, 3.05) is 0 Å². The van der Waals surface area contributed by atoms with Crippen molar-refractivity contribution >= 4 is 23.2 Å². The molecule has 0 saturated heterocycles. The Kier molecular flexibility index (Phi) is 4.26. The van der Waals surface area contributed by atoms with Gasteiger partial charge in [0.05, 0.1) is 5.38 Å². The standard InChI is InChI=1S/C15H15Cl2N/c1-10-3-4-13(16)9-14(10)15(17)11(2)12-5-7-18-8-6-12/h3-9,11,15H,1-2H3. The average Bonchev–Trinajstić information content (AvgIpc) is 2.41. The fourth-order valence-corrected chi connectivity index (χ4v) is 2.57. The highest BCUT2D eigenvalue weighted by atomic mass is 35.5. The smallest absolute Gasteiger partial charge is 0.0654 e. The summed E-state index contributed by atoms with van der Waals surface area (Å²) < 4.78 is 0. The molecule has 0 radical (unpaired) electrons. The molecule has 2 aromatic rings. The van der Waals surface area contributed by atoms with E-state index in [9.17, 15) is 0 Å². The van der Waals surface area contributed by atoms with Crippen LogP contribution in [0.5, 0.6) is 0 Å². The van der Waals surface area contributed by atoms with Gasteiger partial charge in [0.15, 0.2) is 0 Å². The normalized spacial score (nSPS) is 14.2. The number of rotatable bonds is 3. The van der Waals surface area contributed by atoms with Gasteiger partial charge in [-0.1, -0.05) is 24.6 Å². The molecule has 0 fully saturated rings. The van der Waals surface area contributed by atoms with E-state index in [1.165, 1.54) is 11.1 Å². The van der Waals surface area contributed by atoms with E-state index < -0.39 is 0 Å². The molecule has 0 spiro atoms. The number of hydrogen-bond acceptors (Lipinski definition) is 1.